The fourth-order valence-corrected chi connectivity index (χ4v) is 3.43. The lowest BCUT2D eigenvalue weighted by atomic mass is 10.1. The van der Waals surface area contributed by atoms with Crippen LogP contribution in [-0.2, 0) is 17.8 Å². The minimum Gasteiger partial charge on any atom is -0.323 e. The minimum atomic E-state index is -0.471. The number of amides is 1. The molecule has 5 nitrogen and oxygen atoms in total. The van der Waals surface area contributed by atoms with Crippen molar-refractivity contribution in [3.63, 3.8) is 0 Å². The molecule has 8 heteroatoms. The second kappa shape index (κ2) is 9.52. The summed E-state index contributed by atoms with van der Waals surface area (Å²) in [7, 11) is 0. The maximum absolute atomic E-state index is 13.6. The third kappa shape index (κ3) is 5.21. The van der Waals surface area contributed by atoms with Crippen molar-refractivity contribution in [2.24, 2.45) is 0 Å². The second-order valence-corrected chi connectivity index (χ2v) is 7.30. The summed E-state index contributed by atoms with van der Waals surface area (Å²) < 4.78 is 15.6. The summed E-state index contributed by atoms with van der Waals surface area (Å²) in [6, 6.07) is 13.6. The first-order valence-corrected chi connectivity index (χ1v) is 9.87. The molecule has 1 amide bonds. The highest BCUT2D eigenvalue weighted by Crippen LogP contribution is 2.21. The summed E-state index contributed by atoms with van der Waals surface area (Å²) in [6.45, 7) is 4.29. The number of carbonyl (C=O) groups is 1. The molecule has 144 valence electrons. The third-order valence-corrected chi connectivity index (χ3v) is 5.08. The highest BCUT2D eigenvalue weighted by atomic mass is 35.5. The van der Waals surface area contributed by atoms with Crippen molar-refractivity contribution in [1.29, 1.82) is 0 Å². The number of thioether (sulfide) groups is 1. The number of rotatable bonds is 8. The van der Waals surface area contributed by atoms with Crippen molar-refractivity contribution in [2.45, 2.75) is 18.1 Å². The van der Waals surface area contributed by atoms with Crippen LogP contribution in [0, 0.1) is 5.82 Å². The van der Waals surface area contributed by atoms with Crippen molar-refractivity contribution >= 4 is 35.0 Å². The van der Waals surface area contributed by atoms with Crippen molar-refractivity contribution < 1.29 is 9.18 Å². The molecule has 3 aromatic rings. The molecule has 1 aromatic heterocycles. The number of benzene rings is 2. The summed E-state index contributed by atoms with van der Waals surface area (Å²) in [4.78, 5) is 12.1. The topological polar surface area (TPSA) is 59.8 Å². The molecular weight excluding hydrogens is 399 g/mol. The molecule has 0 saturated heterocycles. The first-order chi connectivity index (χ1) is 13.6. The number of carbonyl (C=O) groups excluding carboxylic acids is 1. The Kier molecular flexibility index (Phi) is 6.84. The molecule has 0 unspecified atom stereocenters. The van der Waals surface area contributed by atoms with Crippen LogP contribution in [0.2, 0.25) is 5.02 Å². The number of halogens is 2. The molecule has 1 N–H and O–H groups in total. The van der Waals surface area contributed by atoms with E-state index in [2.05, 4.69) is 22.1 Å². The fraction of sp³-hybridized carbons (Fsp3) is 0.150. The number of allylic oxidation sites excluding steroid dienone is 1. The molecular formula is C20H18ClFN4OS. The Labute approximate surface area is 171 Å². The molecule has 0 aliphatic heterocycles. The van der Waals surface area contributed by atoms with Crippen LogP contribution in [0.25, 0.3) is 0 Å². The van der Waals surface area contributed by atoms with E-state index in [1.54, 1.807) is 18.2 Å². The molecule has 1 heterocycles. The van der Waals surface area contributed by atoms with Crippen molar-refractivity contribution in [2.75, 3.05) is 11.1 Å². The largest absolute Gasteiger partial charge is 0.323 e. The summed E-state index contributed by atoms with van der Waals surface area (Å²) in [6.07, 6.45) is 2.33. The van der Waals surface area contributed by atoms with Gasteiger partial charge >= 0.3 is 0 Å². The van der Waals surface area contributed by atoms with Crippen molar-refractivity contribution in [3.05, 3.63) is 83.4 Å². The molecule has 0 saturated carbocycles. The normalized spacial score (nSPS) is 10.6. The van der Waals surface area contributed by atoms with Crippen LogP contribution in [-0.4, -0.2) is 26.4 Å². The number of para-hydroxylation sites is 1. The number of nitrogens with one attached hydrogen (secondary N) is 1. The Morgan fingerprint density at radius 3 is 2.68 bits per heavy atom. The second-order valence-electron chi connectivity index (χ2n) is 5.92. The van der Waals surface area contributed by atoms with Gasteiger partial charge in [0, 0.05) is 18.0 Å². The van der Waals surface area contributed by atoms with Crippen LogP contribution in [0.3, 0.4) is 0 Å². The SMILES string of the molecule is C=CCn1c(Cc2ccc(Cl)cc2)nnc1SCC(=O)Nc1ccccc1F. The Balaban J connectivity index is 1.67. The van der Waals surface area contributed by atoms with Crippen molar-refractivity contribution in [3.8, 4) is 0 Å². The molecule has 0 spiro atoms. The van der Waals surface area contributed by atoms with Crippen molar-refractivity contribution in [1.82, 2.24) is 14.8 Å². The van der Waals surface area contributed by atoms with Gasteiger partial charge in [0.1, 0.15) is 11.6 Å². The smallest absolute Gasteiger partial charge is 0.234 e. The van der Waals surface area contributed by atoms with Gasteiger partial charge in [-0.05, 0) is 29.8 Å². The molecule has 0 bridgehead atoms. The summed E-state index contributed by atoms with van der Waals surface area (Å²) in [5.74, 6) is 0.0625. The van der Waals surface area contributed by atoms with Gasteiger partial charge in [0.15, 0.2) is 5.16 Å². The van der Waals surface area contributed by atoms with E-state index in [0.29, 0.717) is 23.1 Å². The predicted octanol–water partition coefficient (Wildman–Crippen LogP) is 4.58. The number of hydrogen-bond donors (Lipinski definition) is 1. The van der Waals surface area contributed by atoms with Gasteiger partial charge in [0.25, 0.3) is 0 Å². The van der Waals surface area contributed by atoms with E-state index in [1.807, 2.05) is 28.8 Å². The van der Waals surface area contributed by atoms with Gasteiger partial charge in [-0.25, -0.2) is 4.39 Å². The molecule has 0 atom stereocenters. The Morgan fingerprint density at radius 1 is 1.21 bits per heavy atom. The van der Waals surface area contributed by atoms with Crippen LogP contribution in [0.4, 0.5) is 10.1 Å². The monoisotopic (exact) mass is 416 g/mol. The molecule has 2 aromatic carbocycles. The van der Waals surface area contributed by atoms with Gasteiger partial charge in [0.05, 0.1) is 11.4 Å². The molecule has 3 rings (SSSR count). The minimum absolute atomic E-state index is 0.0879. The molecule has 0 aliphatic rings. The fourth-order valence-electron chi connectivity index (χ4n) is 2.53. The summed E-state index contributed by atoms with van der Waals surface area (Å²) in [5, 5.41) is 12.3. The van der Waals surface area contributed by atoms with Crippen LogP contribution in [0.5, 0.6) is 0 Å². The maximum atomic E-state index is 13.6. The van der Waals surface area contributed by atoms with Crippen LogP contribution >= 0.6 is 23.4 Å². The van der Waals surface area contributed by atoms with Gasteiger partial charge in [-0.15, -0.1) is 16.8 Å². The number of aromatic nitrogens is 3. The molecule has 28 heavy (non-hydrogen) atoms. The number of anilines is 1. The standard InChI is InChI=1S/C20H18ClFN4OS/c1-2-11-26-18(12-14-7-9-15(21)10-8-14)24-25-20(26)28-13-19(27)23-17-6-4-3-5-16(17)22/h2-10H,1,11-13H2,(H,23,27). The average molecular weight is 417 g/mol. The Hall–Kier alpha value is -2.64. The Morgan fingerprint density at radius 2 is 1.96 bits per heavy atom. The van der Waals surface area contributed by atoms with E-state index in [9.17, 15) is 9.18 Å². The quantitative estimate of drug-likeness (QED) is 0.431. The molecule has 0 radical (unpaired) electrons. The Bertz CT molecular complexity index is 975. The van der Waals surface area contributed by atoms with E-state index in [1.165, 1.54) is 23.9 Å². The van der Waals surface area contributed by atoms with Crippen LogP contribution in [0.1, 0.15) is 11.4 Å². The van der Waals surface area contributed by atoms with E-state index in [4.69, 9.17) is 11.6 Å². The molecule has 0 fully saturated rings. The maximum Gasteiger partial charge on any atom is 0.234 e. The summed E-state index contributed by atoms with van der Waals surface area (Å²) >= 11 is 7.17. The lowest BCUT2D eigenvalue weighted by molar-refractivity contribution is -0.113. The lowest BCUT2D eigenvalue weighted by Gasteiger charge is -2.08. The predicted molar refractivity (Wildman–Crippen MR) is 110 cm³/mol. The third-order valence-electron chi connectivity index (χ3n) is 3.86. The van der Waals surface area contributed by atoms with Crippen LogP contribution in [0.15, 0.2) is 66.3 Å². The average Bonchev–Trinajstić information content (AvgIpc) is 3.06. The zero-order valence-electron chi connectivity index (χ0n) is 14.9. The number of nitrogens with zero attached hydrogens (tertiary/aromatic N) is 3. The van der Waals surface area contributed by atoms with E-state index >= 15 is 0 Å². The van der Waals surface area contributed by atoms with E-state index in [0.717, 1.165) is 11.4 Å². The molecule has 0 aliphatic carbocycles. The van der Waals surface area contributed by atoms with Crippen LogP contribution < -0.4 is 5.32 Å². The van der Waals surface area contributed by atoms with Gasteiger partial charge in [0.2, 0.25) is 5.91 Å². The highest BCUT2D eigenvalue weighted by Gasteiger charge is 2.14. The van der Waals surface area contributed by atoms with E-state index in [-0.39, 0.29) is 17.3 Å². The zero-order valence-corrected chi connectivity index (χ0v) is 16.5. The van der Waals surface area contributed by atoms with Gasteiger partial charge in [-0.3, -0.25) is 4.79 Å². The highest BCUT2D eigenvalue weighted by molar-refractivity contribution is 7.99. The van der Waals surface area contributed by atoms with Gasteiger partial charge in [-0.1, -0.05) is 53.7 Å². The lowest BCUT2D eigenvalue weighted by Crippen LogP contribution is -2.15. The van der Waals surface area contributed by atoms with E-state index < -0.39 is 5.82 Å². The van der Waals surface area contributed by atoms with Gasteiger partial charge < -0.3 is 9.88 Å². The van der Waals surface area contributed by atoms with Gasteiger partial charge in [-0.2, -0.15) is 0 Å². The first kappa shape index (κ1) is 20.1. The zero-order chi connectivity index (χ0) is 19.9. The first-order valence-electron chi connectivity index (χ1n) is 8.51. The number of hydrogen-bond acceptors (Lipinski definition) is 4. The summed E-state index contributed by atoms with van der Waals surface area (Å²) in [5.41, 5.74) is 1.21.